The number of nitrogen functional groups attached to an aromatic ring is 1. The molecule has 0 aliphatic rings. The Morgan fingerprint density at radius 1 is 1.24 bits per heavy atom. The van der Waals surface area contributed by atoms with Crippen molar-refractivity contribution in [1.29, 1.82) is 0 Å². The molecule has 0 saturated heterocycles. The van der Waals surface area contributed by atoms with Crippen LogP contribution in [0.5, 0.6) is 0 Å². The van der Waals surface area contributed by atoms with E-state index in [1.165, 1.54) is 25.7 Å². The third kappa shape index (κ3) is 4.28. The van der Waals surface area contributed by atoms with Gasteiger partial charge in [0.2, 0.25) is 0 Å². The van der Waals surface area contributed by atoms with E-state index in [1.807, 2.05) is 28.9 Å². The van der Waals surface area contributed by atoms with Crippen molar-refractivity contribution < 1.29 is 0 Å². The molecule has 1 heterocycles. The molecule has 21 heavy (non-hydrogen) atoms. The van der Waals surface area contributed by atoms with E-state index in [0.29, 0.717) is 0 Å². The van der Waals surface area contributed by atoms with Crippen LogP contribution in [-0.2, 0) is 6.54 Å². The van der Waals surface area contributed by atoms with Crippen LogP contribution in [0.2, 0.25) is 0 Å². The topological polar surface area (TPSA) is 69.6 Å². The number of benzene rings is 1. The van der Waals surface area contributed by atoms with Crippen LogP contribution < -0.4 is 5.73 Å². The Labute approximate surface area is 126 Å². The van der Waals surface area contributed by atoms with Crippen molar-refractivity contribution in [3.05, 3.63) is 24.3 Å². The number of nitrogens with two attached hydrogens (primary N) is 1. The van der Waals surface area contributed by atoms with E-state index in [2.05, 4.69) is 36.3 Å². The van der Waals surface area contributed by atoms with Crippen molar-refractivity contribution in [3.8, 4) is 11.4 Å². The Hall–Kier alpha value is -1.91. The largest absolute Gasteiger partial charge is 0.399 e. The molecule has 2 rings (SSSR count). The van der Waals surface area contributed by atoms with Crippen molar-refractivity contribution in [2.75, 3.05) is 5.73 Å². The van der Waals surface area contributed by atoms with Crippen LogP contribution in [0.3, 0.4) is 0 Å². The average Bonchev–Trinajstić information content (AvgIpc) is 2.86. The molecule has 0 fully saturated rings. The highest BCUT2D eigenvalue weighted by atomic mass is 15.5. The van der Waals surface area contributed by atoms with Gasteiger partial charge in [-0.15, -0.1) is 5.10 Å². The molecule has 1 aromatic carbocycles. The molecular formula is C16H25N5. The van der Waals surface area contributed by atoms with Crippen LogP contribution >= 0.6 is 0 Å². The second-order valence-electron chi connectivity index (χ2n) is 6.41. The van der Waals surface area contributed by atoms with E-state index in [0.717, 1.165) is 23.6 Å². The van der Waals surface area contributed by atoms with Crippen molar-refractivity contribution in [3.63, 3.8) is 0 Å². The Morgan fingerprint density at radius 3 is 2.76 bits per heavy atom. The molecule has 0 atom stereocenters. The van der Waals surface area contributed by atoms with Gasteiger partial charge in [0, 0.05) is 11.3 Å². The monoisotopic (exact) mass is 287 g/mol. The lowest BCUT2D eigenvalue weighted by Gasteiger charge is -2.24. The highest BCUT2D eigenvalue weighted by Gasteiger charge is 2.21. The van der Waals surface area contributed by atoms with Gasteiger partial charge in [0.05, 0.1) is 6.54 Å². The van der Waals surface area contributed by atoms with Crippen LogP contribution in [0.25, 0.3) is 11.4 Å². The fraction of sp³-hybridized carbons (Fsp3) is 0.562. The van der Waals surface area contributed by atoms with Crippen LogP contribution in [0.4, 0.5) is 5.69 Å². The maximum Gasteiger partial charge on any atom is 0.182 e. The second-order valence-corrected chi connectivity index (χ2v) is 6.41. The van der Waals surface area contributed by atoms with E-state index < -0.39 is 0 Å². The summed E-state index contributed by atoms with van der Waals surface area (Å²) in [5, 5.41) is 12.1. The van der Waals surface area contributed by atoms with Gasteiger partial charge in [0.15, 0.2) is 5.82 Å². The summed E-state index contributed by atoms with van der Waals surface area (Å²) in [6, 6.07) is 7.69. The molecule has 0 amide bonds. The Kier molecular flexibility index (Phi) is 4.94. The summed E-state index contributed by atoms with van der Waals surface area (Å²) < 4.78 is 1.89. The summed E-state index contributed by atoms with van der Waals surface area (Å²) in [5.41, 5.74) is 7.71. The Balaban J connectivity index is 2.13. The highest BCUT2D eigenvalue weighted by Crippen LogP contribution is 2.28. The molecule has 0 bridgehead atoms. The third-order valence-electron chi connectivity index (χ3n) is 3.71. The van der Waals surface area contributed by atoms with E-state index in [-0.39, 0.29) is 5.41 Å². The molecule has 0 spiro atoms. The minimum Gasteiger partial charge on any atom is -0.399 e. The minimum absolute atomic E-state index is 0.180. The van der Waals surface area contributed by atoms with Crippen molar-refractivity contribution in [2.24, 2.45) is 5.41 Å². The number of aromatic nitrogens is 4. The predicted molar refractivity (Wildman–Crippen MR) is 85.6 cm³/mol. The number of tetrazole rings is 1. The van der Waals surface area contributed by atoms with Crippen molar-refractivity contribution in [2.45, 2.75) is 53.0 Å². The van der Waals surface area contributed by atoms with Gasteiger partial charge < -0.3 is 5.73 Å². The third-order valence-corrected chi connectivity index (χ3v) is 3.71. The van der Waals surface area contributed by atoms with Gasteiger partial charge in [-0.3, -0.25) is 0 Å². The lowest BCUT2D eigenvalue weighted by atomic mass is 9.87. The summed E-state index contributed by atoms with van der Waals surface area (Å²) in [7, 11) is 0. The molecule has 2 aromatic rings. The number of hydrogen-bond donors (Lipinski definition) is 1. The summed E-state index contributed by atoms with van der Waals surface area (Å²) in [6.45, 7) is 7.58. The minimum atomic E-state index is 0.180. The molecule has 5 heteroatoms. The molecule has 2 N–H and O–H groups in total. The molecule has 0 aliphatic heterocycles. The number of nitrogens with zero attached hydrogens (tertiary/aromatic N) is 4. The molecule has 0 aliphatic carbocycles. The summed E-state index contributed by atoms with van der Waals surface area (Å²) in [4.78, 5) is 0. The van der Waals surface area contributed by atoms with Gasteiger partial charge in [0.25, 0.3) is 0 Å². The Bertz CT molecular complexity index is 574. The molecule has 114 valence electrons. The fourth-order valence-electron chi connectivity index (χ4n) is 2.53. The smallest absolute Gasteiger partial charge is 0.182 e. The normalized spacial score (nSPS) is 11.8. The molecule has 1 aromatic heterocycles. The van der Waals surface area contributed by atoms with E-state index in [9.17, 15) is 0 Å². The van der Waals surface area contributed by atoms with Crippen molar-refractivity contribution in [1.82, 2.24) is 20.2 Å². The molecule has 5 nitrogen and oxygen atoms in total. The SMILES string of the molecule is CCCCCC(C)(C)Cn1nnnc1-c1cccc(N)c1. The average molecular weight is 287 g/mol. The molecule has 0 unspecified atom stereocenters. The van der Waals surface area contributed by atoms with Gasteiger partial charge >= 0.3 is 0 Å². The van der Waals surface area contributed by atoms with E-state index in [1.54, 1.807) is 0 Å². The van der Waals surface area contributed by atoms with Gasteiger partial charge in [-0.2, -0.15) is 0 Å². The quantitative estimate of drug-likeness (QED) is 0.624. The lowest BCUT2D eigenvalue weighted by Crippen LogP contribution is -2.21. The predicted octanol–water partition coefficient (Wildman–Crippen LogP) is 3.53. The summed E-state index contributed by atoms with van der Waals surface area (Å²) >= 11 is 0. The van der Waals surface area contributed by atoms with Crippen molar-refractivity contribution >= 4 is 5.69 Å². The zero-order chi connectivity index (χ0) is 15.3. The molecule has 0 saturated carbocycles. The second kappa shape index (κ2) is 6.70. The number of unbranched alkanes of at least 4 members (excludes halogenated alkanes) is 2. The van der Waals surface area contributed by atoms with E-state index in [4.69, 9.17) is 5.73 Å². The molecule has 0 radical (unpaired) electrons. The van der Waals surface area contributed by atoms with E-state index >= 15 is 0 Å². The standard InChI is InChI=1S/C16H25N5/c1-4-5-6-10-16(2,3)12-21-15(18-19-20-21)13-8-7-9-14(17)11-13/h7-9,11H,4-6,10,12,17H2,1-3H3. The van der Waals surface area contributed by atoms with Gasteiger partial charge in [-0.1, -0.05) is 52.2 Å². The maximum atomic E-state index is 5.85. The van der Waals surface area contributed by atoms with Crippen LogP contribution in [-0.4, -0.2) is 20.2 Å². The first-order valence-electron chi connectivity index (χ1n) is 7.64. The van der Waals surface area contributed by atoms with Gasteiger partial charge in [-0.05, 0) is 34.4 Å². The Morgan fingerprint density at radius 2 is 2.05 bits per heavy atom. The number of anilines is 1. The lowest BCUT2D eigenvalue weighted by molar-refractivity contribution is 0.258. The maximum absolute atomic E-state index is 5.85. The fourth-order valence-corrected chi connectivity index (χ4v) is 2.53. The first-order chi connectivity index (χ1) is 10.0. The first kappa shape index (κ1) is 15.5. The van der Waals surface area contributed by atoms with Gasteiger partial charge in [0.1, 0.15) is 0 Å². The first-order valence-corrected chi connectivity index (χ1v) is 7.64. The zero-order valence-electron chi connectivity index (χ0n) is 13.2. The van der Waals surface area contributed by atoms with Crippen LogP contribution in [0, 0.1) is 5.41 Å². The van der Waals surface area contributed by atoms with Crippen LogP contribution in [0.1, 0.15) is 46.5 Å². The number of hydrogen-bond acceptors (Lipinski definition) is 4. The van der Waals surface area contributed by atoms with Crippen LogP contribution in [0.15, 0.2) is 24.3 Å². The summed E-state index contributed by atoms with van der Waals surface area (Å²) in [5.74, 6) is 0.783. The highest BCUT2D eigenvalue weighted by molar-refractivity contribution is 5.60. The zero-order valence-corrected chi connectivity index (χ0v) is 13.2. The summed E-state index contributed by atoms with van der Waals surface area (Å²) in [6.07, 6.45) is 4.95. The molecular weight excluding hydrogens is 262 g/mol. The van der Waals surface area contributed by atoms with Gasteiger partial charge in [-0.25, -0.2) is 4.68 Å². The number of rotatable bonds is 7.